The van der Waals surface area contributed by atoms with Gasteiger partial charge in [-0.25, -0.2) is 0 Å². The van der Waals surface area contributed by atoms with Gasteiger partial charge in [0.25, 0.3) is 0 Å². The summed E-state index contributed by atoms with van der Waals surface area (Å²) in [5.74, 6) is 0. The average molecular weight is 299 g/mol. The molecule has 1 atom stereocenters. The van der Waals surface area contributed by atoms with Crippen molar-refractivity contribution in [3.63, 3.8) is 0 Å². The predicted molar refractivity (Wildman–Crippen MR) is 91.1 cm³/mol. The summed E-state index contributed by atoms with van der Waals surface area (Å²) >= 11 is 0. The Bertz CT molecular complexity index is 509. The Kier molecular flexibility index (Phi) is 4.84. The van der Waals surface area contributed by atoms with Crippen LogP contribution in [0.25, 0.3) is 0 Å². The van der Waals surface area contributed by atoms with E-state index >= 15 is 0 Å². The quantitative estimate of drug-likeness (QED) is 0.767. The number of benzene rings is 2. The molecule has 1 nitrogen and oxygen atoms in total. The molecule has 1 aliphatic rings. The molecule has 3 rings (SSSR count). The normalized spacial score (nSPS) is 17.8. The fourth-order valence-corrected chi connectivity index (χ4v) is 9.20. The maximum Gasteiger partial charge on any atom is 0.198 e. The summed E-state index contributed by atoms with van der Waals surface area (Å²) in [5.41, 5.74) is 0.855. The third-order valence-electron chi connectivity index (χ3n) is 4.23. The highest BCUT2D eigenvalue weighted by Crippen LogP contribution is 2.32. The first-order chi connectivity index (χ1) is 9.93. The summed E-state index contributed by atoms with van der Waals surface area (Å²) in [5, 5.41) is 2.93. The minimum Gasteiger partial charge on any atom is -0.455 e. The van der Waals surface area contributed by atoms with Crippen LogP contribution in [-0.2, 0) is 4.12 Å². The lowest BCUT2D eigenvalue weighted by Crippen LogP contribution is -2.40. The zero-order chi connectivity index (χ0) is 13.6. The van der Waals surface area contributed by atoms with Crippen LogP contribution in [0.3, 0.4) is 0 Å². The van der Waals surface area contributed by atoms with Crippen LogP contribution >= 0.6 is 0 Å². The molecular weight excluding hydrogens is 276 g/mol. The molecule has 1 fully saturated rings. The van der Waals surface area contributed by atoms with Gasteiger partial charge in [0.2, 0.25) is 0 Å². The number of hydrogen-bond donors (Lipinski definition) is 0. The topological polar surface area (TPSA) is 9.23 Å². The van der Waals surface area contributed by atoms with Crippen molar-refractivity contribution in [1.82, 2.24) is 0 Å². The minimum absolute atomic E-state index is 0.575. The smallest absolute Gasteiger partial charge is 0.198 e. The summed E-state index contributed by atoms with van der Waals surface area (Å²) in [7, 11) is -1.83. The second kappa shape index (κ2) is 7.02. The van der Waals surface area contributed by atoms with E-state index in [1.807, 2.05) is 0 Å². The summed E-state index contributed by atoms with van der Waals surface area (Å²) < 4.78 is 6.58. The SMILES string of the molecule is c1ccc([SiH2]O[SiH](c2ccccc2)C2CCCC2)cc1. The van der Waals surface area contributed by atoms with Crippen molar-refractivity contribution in [2.24, 2.45) is 0 Å². The van der Waals surface area contributed by atoms with E-state index in [-0.39, 0.29) is 0 Å². The lowest BCUT2D eigenvalue weighted by Gasteiger charge is -2.23. The van der Waals surface area contributed by atoms with Crippen molar-refractivity contribution in [3.8, 4) is 0 Å². The first kappa shape index (κ1) is 13.8. The fourth-order valence-electron chi connectivity index (χ4n) is 3.17. The molecule has 0 aromatic heterocycles. The van der Waals surface area contributed by atoms with Gasteiger partial charge in [-0.05, 0) is 15.9 Å². The van der Waals surface area contributed by atoms with Crippen LogP contribution in [0.2, 0.25) is 5.54 Å². The van der Waals surface area contributed by atoms with Crippen molar-refractivity contribution in [2.45, 2.75) is 31.2 Å². The summed E-state index contributed by atoms with van der Waals surface area (Å²) in [6, 6.07) is 21.8. The van der Waals surface area contributed by atoms with Crippen LogP contribution < -0.4 is 10.4 Å². The molecule has 0 heterocycles. The molecule has 20 heavy (non-hydrogen) atoms. The Labute approximate surface area is 125 Å². The van der Waals surface area contributed by atoms with E-state index in [1.54, 1.807) is 0 Å². The molecule has 1 saturated carbocycles. The van der Waals surface area contributed by atoms with Gasteiger partial charge in [0.1, 0.15) is 0 Å². The second-order valence-electron chi connectivity index (χ2n) is 5.67. The Morgan fingerprint density at radius 1 is 0.850 bits per heavy atom. The highest BCUT2D eigenvalue weighted by atomic mass is 28.3. The molecule has 0 spiro atoms. The molecule has 1 aliphatic carbocycles. The maximum absolute atomic E-state index is 6.58. The van der Waals surface area contributed by atoms with Gasteiger partial charge >= 0.3 is 0 Å². The Morgan fingerprint density at radius 3 is 2.10 bits per heavy atom. The van der Waals surface area contributed by atoms with Crippen molar-refractivity contribution in [3.05, 3.63) is 60.7 Å². The average Bonchev–Trinajstić information content (AvgIpc) is 3.04. The molecule has 1 unspecified atom stereocenters. The summed E-state index contributed by atoms with van der Waals surface area (Å²) in [6.07, 6.45) is 5.57. The molecule has 0 aliphatic heterocycles. The molecule has 2 aromatic carbocycles. The van der Waals surface area contributed by atoms with E-state index in [1.165, 1.54) is 36.1 Å². The monoisotopic (exact) mass is 298 g/mol. The molecule has 3 heteroatoms. The third kappa shape index (κ3) is 3.48. The van der Waals surface area contributed by atoms with Crippen LogP contribution in [0.1, 0.15) is 25.7 Å². The lowest BCUT2D eigenvalue weighted by molar-refractivity contribution is 0.598. The zero-order valence-electron chi connectivity index (χ0n) is 11.9. The van der Waals surface area contributed by atoms with E-state index < -0.39 is 18.8 Å². The van der Waals surface area contributed by atoms with E-state index in [0.717, 1.165) is 5.54 Å². The van der Waals surface area contributed by atoms with Crippen molar-refractivity contribution in [1.29, 1.82) is 0 Å². The van der Waals surface area contributed by atoms with Gasteiger partial charge in [-0.15, -0.1) is 0 Å². The summed E-state index contributed by atoms with van der Waals surface area (Å²) in [6.45, 7) is 0. The molecule has 0 bridgehead atoms. The molecular formula is C17H22OSi2. The van der Waals surface area contributed by atoms with Gasteiger partial charge in [0, 0.05) is 0 Å². The first-order valence-electron chi connectivity index (χ1n) is 7.64. The Morgan fingerprint density at radius 2 is 1.45 bits per heavy atom. The molecule has 2 aromatic rings. The lowest BCUT2D eigenvalue weighted by atomic mass is 10.4. The van der Waals surface area contributed by atoms with E-state index in [9.17, 15) is 0 Å². The van der Waals surface area contributed by atoms with Crippen molar-refractivity contribution >= 4 is 29.2 Å². The highest BCUT2D eigenvalue weighted by molar-refractivity contribution is 6.74. The second-order valence-corrected chi connectivity index (χ2v) is 10.6. The Hall–Kier alpha value is -1.17. The molecule has 104 valence electrons. The highest BCUT2D eigenvalue weighted by Gasteiger charge is 2.28. The third-order valence-corrected chi connectivity index (χ3v) is 9.70. The van der Waals surface area contributed by atoms with E-state index in [2.05, 4.69) is 60.7 Å². The number of hydrogen-bond acceptors (Lipinski definition) is 1. The van der Waals surface area contributed by atoms with Crippen LogP contribution in [-0.4, -0.2) is 18.8 Å². The van der Waals surface area contributed by atoms with Crippen LogP contribution in [0.15, 0.2) is 60.7 Å². The van der Waals surface area contributed by atoms with Gasteiger partial charge in [-0.2, -0.15) is 0 Å². The molecule has 0 saturated heterocycles. The number of rotatable bonds is 5. The first-order valence-corrected chi connectivity index (χ1v) is 10.6. The Balaban J connectivity index is 1.72. The van der Waals surface area contributed by atoms with Gasteiger partial charge < -0.3 is 4.12 Å². The van der Waals surface area contributed by atoms with Crippen LogP contribution in [0.5, 0.6) is 0 Å². The molecule has 0 N–H and O–H groups in total. The predicted octanol–water partition coefficient (Wildman–Crippen LogP) is 1.99. The zero-order valence-corrected chi connectivity index (χ0v) is 14.4. The van der Waals surface area contributed by atoms with Gasteiger partial charge in [0.05, 0.1) is 0 Å². The molecule has 0 amide bonds. The van der Waals surface area contributed by atoms with Crippen LogP contribution in [0.4, 0.5) is 0 Å². The standard InChI is InChI=1S/C17H22OSi2/c1-3-9-15(10-4-1)19-18-20(17-13-7-8-14-17)16-11-5-2-6-12-16/h1-6,9-12,17,20H,7-8,13-14,19H2. The minimum atomic E-state index is -1.25. The maximum atomic E-state index is 6.58. The summed E-state index contributed by atoms with van der Waals surface area (Å²) in [4.78, 5) is 0. The largest absolute Gasteiger partial charge is 0.455 e. The fraction of sp³-hybridized carbons (Fsp3) is 0.294. The van der Waals surface area contributed by atoms with Gasteiger partial charge in [0.15, 0.2) is 18.8 Å². The van der Waals surface area contributed by atoms with Crippen molar-refractivity contribution in [2.75, 3.05) is 0 Å². The van der Waals surface area contributed by atoms with Crippen molar-refractivity contribution < 1.29 is 4.12 Å². The van der Waals surface area contributed by atoms with Crippen LogP contribution in [0, 0.1) is 0 Å². The van der Waals surface area contributed by atoms with E-state index in [4.69, 9.17) is 4.12 Å². The van der Waals surface area contributed by atoms with Gasteiger partial charge in [-0.1, -0.05) is 86.3 Å². The van der Waals surface area contributed by atoms with E-state index in [0.29, 0.717) is 0 Å². The molecule has 0 radical (unpaired) electrons. The van der Waals surface area contributed by atoms with Gasteiger partial charge in [-0.3, -0.25) is 0 Å².